The zero-order chi connectivity index (χ0) is 22.4. The van der Waals surface area contributed by atoms with Crippen molar-refractivity contribution in [1.29, 1.82) is 0 Å². The highest BCUT2D eigenvalue weighted by molar-refractivity contribution is 6.01. The van der Waals surface area contributed by atoms with Crippen LogP contribution >= 0.6 is 0 Å². The standard InChI is InChI=1S/C21H28FN5O4/c1-31-12-11-27-19(23)18(20(29)24-21(27)30)17(28)14-26-8-4-7-25(9-10-26)13-15-5-2-3-6-16(15)22/h2-3,5-6H,4,7-14,23H2,1H3,(H,24,29,30). The van der Waals surface area contributed by atoms with Crippen LogP contribution in [-0.2, 0) is 17.8 Å². The number of carbonyl (C=O) groups is 1. The predicted molar refractivity (Wildman–Crippen MR) is 115 cm³/mol. The molecule has 168 valence electrons. The Kier molecular flexibility index (Phi) is 7.72. The van der Waals surface area contributed by atoms with E-state index >= 15 is 0 Å². The van der Waals surface area contributed by atoms with Gasteiger partial charge in [-0.1, -0.05) is 18.2 Å². The summed E-state index contributed by atoms with van der Waals surface area (Å²) >= 11 is 0. The quantitative estimate of drug-likeness (QED) is 0.576. The number of hydrogen-bond donors (Lipinski definition) is 2. The third kappa shape index (κ3) is 5.66. The first-order valence-corrected chi connectivity index (χ1v) is 10.2. The van der Waals surface area contributed by atoms with Crippen LogP contribution in [0.2, 0.25) is 0 Å². The number of aromatic nitrogens is 2. The van der Waals surface area contributed by atoms with Crippen LogP contribution in [0.1, 0.15) is 22.3 Å². The zero-order valence-electron chi connectivity index (χ0n) is 17.6. The molecule has 9 nitrogen and oxygen atoms in total. The number of ketones is 1. The van der Waals surface area contributed by atoms with E-state index in [1.807, 2.05) is 11.0 Å². The van der Waals surface area contributed by atoms with E-state index in [9.17, 15) is 18.8 Å². The first-order chi connectivity index (χ1) is 14.9. The molecule has 0 spiro atoms. The van der Waals surface area contributed by atoms with Crippen LogP contribution in [0.4, 0.5) is 10.2 Å². The topological polar surface area (TPSA) is 114 Å². The number of rotatable bonds is 8. The number of H-pyrrole nitrogens is 1. The van der Waals surface area contributed by atoms with Crippen LogP contribution in [0.5, 0.6) is 0 Å². The summed E-state index contributed by atoms with van der Waals surface area (Å²) in [5.41, 5.74) is 4.97. The molecule has 1 aliphatic heterocycles. The molecule has 0 unspecified atom stereocenters. The SMILES string of the molecule is COCCn1c(N)c(C(=O)CN2CCCN(Cc3ccccc3F)CC2)c(=O)[nH]c1=O. The van der Waals surface area contributed by atoms with Crippen molar-refractivity contribution in [2.45, 2.75) is 19.5 Å². The predicted octanol–water partition coefficient (Wildman–Crippen LogP) is 0.295. The summed E-state index contributed by atoms with van der Waals surface area (Å²) in [5.74, 6) is -0.809. The number of nitrogens with one attached hydrogen (secondary N) is 1. The number of ether oxygens (including phenoxy) is 1. The average molecular weight is 433 g/mol. The van der Waals surface area contributed by atoms with E-state index in [4.69, 9.17) is 10.5 Å². The summed E-state index contributed by atoms with van der Waals surface area (Å²) in [6, 6.07) is 6.71. The fourth-order valence-electron chi connectivity index (χ4n) is 3.75. The van der Waals surface area contributed by atoms with Gasteiger partial charge < -0.3 is 10.5 Å². The van der Waals surface area contributed by atoms with E-state index < -0.39 is 17.0 Å². The molecule has 1 saturated heterocycles. The number of Topliss-reactive ketones (excluding diaryl/α,β-unsaturated/α-hetero) is 1. The number of carbonyl (C=O) groups excluding carboxylic acids is 1. The Morgan fingerprint density at radius 1 is 1.16 bits per heavy atom. The molecule has 0 radical (unpaired) electrons. The molecule has 0 saturated carbocycles. The Balaban J connectivity index is 1.67. The lowest BCUT2D eigenvalue weighted by molar-refractivity contribution is 0.0930. The smallest absolute Gasteiger partial charge is 0.330 e. The van der Waals surface area contributed by atoms with Crippen molar-refractivity contribution < 1.29 is 13.9 Å². The van der Waals surface area contributed by atoms with Crippen LogP contribution in [0.3, 0.4) is 0 Å². The minimum absolute atomic E-state index is 0.0172. The van der Waals surface area contributed by atoms with Crippen LogP contribution in [0, 0.1) is 5.82 Å². The molecule has 1 fully saturated rings. The molecule has 0 amide bonds. The summed E-state index contributed by atoms with van der Waals surface area (Å²) < 4.78 is 20.0. The van der Waals surface area contributed by atoms with Crippen LogP contribution in [0.25, 0.3) is 0 Å². The average Bonchev–Trinajstić information content (AvgIpc) is 2.94. The number of benzene rings is 1. The third-order valence-electron chi connectivity index (χ3n) is 5.44. The van der Waals surface area contributed by atoms with E-state index in [1.165, 1.54) is 13.2 Å². The number of methoxy groups -OCH3 is 1. The minimum atomic E-state index is -0.780. The number of halogens is 1. The van der Waals surface area contributed by atoms with Crippen molar-refractivity contribution >= 4 is 11.6 Å². The summed E-state index contributed by atoms with van der Waals surface area (Å²) in [5, 5.41) is 0. The van der Waals surface area contributed by atoms with Crippen molar-refractivity contribution in [2.24, 2.45) is 0 Å². The molecule has 1 aliphatic rings. The monoisotopic (exact) mass is 433 g/mol. The first-order valence-electron chi connectivity index (χ1n) is 10.2. The Morgan fingerprint density at radius 3 is 2.61 bits per heavy atom. The lowest BCUT2D eigenvalue weighted by Gasteiger charge is -2.22. The van der Waals surface area contributed by atoms with E-state index in [1.54, 1.807) is 12.1 Å². The molecule has 0 atom stereocenters. The van der Waals surface area contributed by atoms with Gasteiger partial charge in [-0.05, 0) is 25.6 Å². The van der Waals surface area contributed by atoms with Gasteiger partial charge in [0.05, 0.1) is 19.7 Å². The third-order valence-corrected chi connectivity index (χ3v) is 5.44. The number of anilines is 1. The second kappa shape index (κ2) is 10.5. The summed E-state index contributed by atoms with van der Waals surface area (Å²) in [6.45, 7) is 3.59. The number of aromatic amines is 1. The summed E-state index contributed by atoms with van der Waals surface area (Å²) in [6.07, 6.45) is 0.806. The van der Waals surface area contributed by atoms with E-state index in [0.29, 0.717) is 31.7 Å². The van der Waals surface area contributed by atoms with E-state index in [2.05, 4.69) is 9.88 Å². The van der Waals surface area contributed by atoms with Gasteiger partial charge in [0.1, 0.15) is 17.2 Å². The van der Waals surface area contributed by atoms with Gasteiger partial charge in [-0.25, -0.2) is 9.18 Å². The molecule has 0 bridgehead atoms. The van der Waals surface area contributed by atoms with Gasteiger partial charge >= 0.3 is 5.69 Å². The lowest BCUT2D eigenvalue weighted by Crippen LogP contribution is -2.40. The van der Waals surface area contributed by atoms with Crippen LogP contribution in [0.15, 0.2) is 33.9 Å². The second-order valence-electron chi connectivity index (χ2n) is 7.58. The number of nitrogen functional groups attached to an aromatic ring is 1. The minimum Gasteiger partial charge on any atom is -0.384 e. The molecule has 2 aromatic rings. The van der Waals surface area contributed by atoms with Gasteiger partial charge in [0.2, 0.25) is 0 Å². The molecule has 2 heterocycles. The maximum absolute atomic E-state index is 13.9. The highest BCUT2D eigenvalue weighted by Gasteiger charge is 2.23. The largest absolute Gasteiger partial charge is 0.384 e. The lowest BCUT2D eigenvalue weighted by atomic mass is 10.1. The van der Waals surface area contributed by atoms with Crippen molar-refractivity contribution in [1.82, 2.24) is 19.4 Å². The van der Waals surface area contributed by atoms with Gasteiger partial charge in [-0.2, -0.15) is 0 Å². The molecule has 1 aromatic heterocycles. The highest BCUT2D eigenvalue weighted by Crippen LogP contribution is 2.13. The number of nitrogens with zero attached hydrogens (tertiary/aromatic N) is 3. The molecule has 31 heavy (non-hydrogen) atoms. The number of hydrogen-bond acceptors (Lipinski definition) is 7. The van der Waals surface area contributed by atoms with Gasteiger partial charge in [0.15, 0.2) is 5.78 Å². The zero-order valence-corrected chi connectivity index (χ0v) is 17.6. The van der Waals surface area contributed by atoms with Crippen molar-refractivity contribution in [3.63, 3.8) is 0 Å². The summed E-state index contributed by atoms with van der Waals surface area (Å²) in [7, 11) is 1.48. The second-order valence-corrected chi connectivity index (χ2v) is 7.58. The molecule has 10 heteroatoms. The Bertz CT molecular complexity index is 1040. The molecule has 1 aromatic carbocycles. The van der Waals surface area contributed by atoms with E-state index in [-0.39, 0.29) is 36.9 Å². The van der Waals surface area contributed by atoms with Gasteiger partial charge in [-0.15, -0.1) is 0 Å². The fraction of sp³-hybridized carbons (Fsp3) is 0.476. The van der Waals surface area contributed by atoms with Crippen molar-refractivity contribution in [3.05, 3.63) is 62.0 Å². The molecule has 3 N–H and O–H groups in total. The molecular weight excluding hydrogens is 405 g/mol. The highest BCUT2D eigenvalue weighted by atomic mass is 19.1. The van der Waals surface area contributed by atoms with Crippen molar-refractivity contribution in [2.75, 3.05) is 52.2 Å². The fourth-order valence-corrected chi connectivity index (χ4v) is 3.75. The molecule has 0 aliphatic carbocycles. The maximum atomic E-state index is 13.9. The Labute approximate surface area is 179 Å². The van der Waals surface area contributed by atoms with Crippen LogP contribution in [-0.4, -0.2) is 71.6 Å². The van der Waals surface area contributed by atoms with Gasteiger partial charge in [0.25, 0.3) is 5.56 Å². The normalized spacial score (nSPS) is 15.7. The van der Waals surface area contributed by atoms with Gasteiger partial charge in [0, 0.05) is 32.3 Å². The Hall–Kier alpha value is -2.82. The van der Waals surface area contributed by atoms with Crippen molar-refractivity contribution in [3.8, 4) is 0 Å². The summed E-state index contributed by atoms with van der Waals surface area (Å²) in [4.78, 5) is 43.4. The van der Waals surface area contributed by atoms with Crippen LogP contribution < -0.4 is 17.0 Å². The maximum Gasteiger partial charge on any atom is 0.330 e. The molecular formula is C21H28FN5O4. The van der Waals surface area contributed by atoms with Gasteiger partial charge in [-0.3, -0.25) is 28.9 Å². The Morgan fingerprint density at radius 2 is 1.87 bits per heavy atom. The molecule has 3 rings (SSSR count). The first kappa shape index (κ1) is 22.9. The van der Waals surface area contributed by atoms with E-state index in [0.717, 1.165) is 17.5 Å². The number of nitrogens with two attached hydrogens (primary N) is 1.